The van der Waals surface area contributed by atoms with Crippen molar-refractivity contribution in [1.82, 2.24) is 9.80 Å². The van der Waals surface area contributed by atoms with Crippen LogP contribution < -0.4 is 0 Å². The number of hydrogen-bond acceptors (Lipinski definition) is 6. The molecule has 0 spiro atoms. The average Bonchev–Trinajstić information content (AvgIpc) is 4.57. The molecule has 14 rings (SSSR count). The molecule has 12 fully saturated rings. The van der Waals surface area contributed by atoms with Gasteiger partial charge in [0.15, 0.2) is 0 Å². The first-order chi connectivity index (χ1) is 45.3. The summed E-state index contributed by atoms with van der Waals surface area (Å²) in [5, 5.41) is 0. The number of rotatable bonds is 0. The monoisotopic (exact) mass is 1320 g/mol. The predicted octanol–water partition coefficient (Wildman–Crippen LogP) is 27.0. The Kier molecular flexibility index (Phi) is 72.1. The Bertz CT molecular complexity index is 1350. The lowest BCUT2D eigenvalue weighted by atomic mass is 9.88. The van der Waals surface area contributed by atoms with Gasteiger partial charge in [0.25, 0.3) is 0 Å². The lowest BCUT2D eigenvalue weighted by molar-refractivity contribution is 0.0714. The van der Waals surface area contributed by atoms with Crippen LogP contribution in [0, 0.1) is 59.2 Å². The van der Waals surface area contributed by atoms with Gasteiger partial charge in [0.05, 0.1) is 0 Å². The van der Waals surface area contributed by atoms with Gasteiger partial charge in [-0.2, -0.15) is 0 Å². The molecule has 6 saturated carbocycles. The Morgan fingerprint density at radius 2 is 0.479 bits per heavy atom. The molecular weight excluding hydrogens is 1150 g/mol. The third-order valence-electron chi connectivity index (χ3n) is 21.1. The molecule has 560 valence electrons. The van der Waals surface area contributed by atoms with Crippen molar-refractivity contribution in [3.8, 4) is 0 Å². The maximum atomic E-state index is 5.14. The van der Waals surface area contributed by atoms with Gasteiger partial charge in [0.1, 0.15) is 0 Å². The van der Waals surface area contributed by atoms with Gasteiger partial charge in [-0.1, -0.05) is 271 Å². The lowest BCUT2D eigenvalue weighted by Gasteiger charge is -2.18. The molecule has 6 heteroatoms. The van der Waals surface area contributed by atoms with E-state index in [0.717, 1.165) is 112 Å². The summed E-state index contributed by atoms with van der Waals surface area (Å²) in [4.78, 5) is 4.72. The van der Waals surface area contributed by atoms with Crippen LogP contribution in [0.5, 0.6) is 0 Å². The number of ether oxygens (including phenoxy) is 4. The standard InChI is InChI=1S/2C7H14.2C6H12O.2C6H12.2C6H10.2C5H11N.2C5H10O.2C5H10.2C4H8/c2*1-7-5-3-2-4-6-7;2*1-6-2-4-7-5-3-6;6*1-6-4-2-3-5-6;2*1-5-2-3-6-4-5;2*1-5-3-2-4-5;2*1-3-4-2/h2*7H,2-6H2,1H3;2*6H,2-5H2,1H3;2*6H,2-5H2,1H3;2*4H,2-3,5H2,1H3;2*2-5H2,1H3;2*5H,2-4H2,1H3;2*5H,2-4H2,1H3;2*3-4H,1-2H3/b;;;;;;;;;;;;;;2*4-3-/t;;;;;;;;;;2*5-;;;;/m..........00..../s1. The van der Waals surface area contributed by atoms with E-state index in [-0.39, 0.29) is 0 Å². The van der Waals surface area contributed by atoms with Crippen molar-refractivity contribution in [1.29, 1.82) is 0 Å². The van der Waals surface area contributed by atoms with E-state index in [2.05, 4.69) is 119 Å². The molecule has 2 atom stereocenters. The highest BCUT2D eigenvalue weighted by molar-refractivity contribution is 5.03. The summed E-state index contributed by atoms with van der Waals surface area (Å²) in [7, 11) is 4.35. The van der Waals surface area contributed by atoms with Crippen LogP contribution >= 0.6 is 0 Å². The summed E-state index contributed by atoms with van der Waals surface area (Å²) in [6.45, 7) is 48.6. The number of hydrogen-bond donors (Lipinski definition) is 0. The fourth-order valence-corrected chi connectivity index (χ4v) is 12.4. The van der Waals surface area contributed by atoms with Crippen molar-refractivity contribution < 1.29 is 18.9 Å². The van der Waals surface area contributed by atoms with E-state index >= 15 is 0 Å². The molecule has 0 amide bonds. The summed E-state index contributed by atoms with van der Waals surface area (Å²) in [5.41, 5.74) is 3.16. The van der Waals surface area contributed by atoms with Crippen molar-refractivity contribution in [2.24, 2.45) is 59.2 Å². The van der Waals surface area contributed by atoms with E-state index < -0.39 is 0 Å². The predicted molar refractivity (Wildman–Crippen MR) is 423 cm³/mol. The second-order valence-electron chi connectivity index (χ2n) is 32.1. The molecule has 0 aromatic rings. The Hall–Kier alpha value is -1.28. The summed E-state index contributed by atoms with van der Waals surface area (Å²) < 4.78 is 20.4. The fourth-order valence-electron chi connectivity index (χ4n) is 12.4. The largest absolute Gasteiger partial charge is 0.381 e. The highest BCUT2D eigenvalue weighted by Crippen LogP contribution is 2.27. The average molecular weight is 1320 g/mol. The smallest absolute Gasteiger partial charge is 0.0492 e. The zero-order valence-corrected chi connectivity index (χ0v) is 67.5. The third kappa shape index (κ3) is 72.0. The van der Waals surface area contributed by atoms with Gasteiger partial charge in [-0.3, -0.25) is 0 Å². The van der Waals surface area contributed by atoms with Crippen LogP contribution in [0.1, 0.15) is 368 Å². The van der Waals surface area contributed by atoms with Gasteiger partial charge in [0, 0.05) is 52.9 Å². The second kappa shape index (κ2) is 71.5. The molecule has 0 N–H and O–H groups in total. The highest BCUT2D eigenvalue weighted by Gasteiger charge is 2.13. The molecule has 0 unspecified atom stereocenters. The van der Waals surface area contributed by atoms with Gasteiger partial charge >= 0.3 is 0 Å². The van der Waals surface area contributed by atoms with E-state index in [0.29, 0.717) is 0 Å². The van der Waals surface area contributed by atoms with E-state index in [1.807, 2.05) is 52.0 Å². The van der Waals surface area contributed by atoms with Crippen molar-refractivity contribution >= 4 is 0 Å². The Labute approximate surface area is 593 Å². The summed E-state index contributed by atoms with van der Waals surface area (Å²) in [6.07, 6.45) is 69.7. The van der Waals surface area contributed by atoms with Crippen molar-refractivity contribution in [2.75, 3.05) is 93.1 Å². The first-order valence-corrected chi connectivity index (χ1v) is 41.5. The maximum absolute atomic E-state index is 5.14. The topological polar surface area (TPSA) is 43.4 Å². The van der Waals surface area contributed by atoms with Crippen LogP contribution in [0.25, 0.3) is 0 Å². The Balaban J connectivity index is 0. The quantitative estimate of drug-likeness (QED) is 0.225. The molecule has 0 aromatic carbocycles. The Morgan fingerprint density at radius 1 is 0.266 bits per heavy atom. The minimum absolute atomic E-state index is 0.824. The molecule has 6 aliphatic heterocycles. The molecule has 6 heterocycles. The summed E-state index contributed by atoms with van der Waals surface area (Å²) in [5.74, 6) is 9.76. The van der Waals surface area contributed by atoms with E-state index in [1.54, 1.807) is 11.1 Å². The minimum atomic E-state index is 0.824. The van der Waals surface area contributed by atoms with Gasteiger partial charge < -0.3 is 28.7 Å². The van der Waals surface area contributed by atoms with Gasteiger partial charge in [-0.25, -0.2) is 0 Å². The van der Waals surface area contributed by atoms with Crippen molar-refractivity contribution in [2.45, 2.75) is 368 Å². The molecule has 6 nitrogen and oxygen atoms in total. The zero-order valence-electron chi connectivity index (χ0n) is 67.5. The molecule has 8 aliphatic carbocycles. The van der Waals surface area contributed by atoms with Gasteiger partial charge in [-0.15, -0.1) is 0 Å². The van der Waals surface area contributed by atoms with Crippen LogP contribution in [-0.2, 0) is 18.9 Å². The summed E-state index contributed by atoms with van der Waals surface area (Å²) >= 11 is 0. The number of nitrogens with zero attached hydrogens (tertiary/aromatic N) is 2. The fraction of sp³-hybridized carbons (Fsp3) is 0.909. The zero-order chi connectivity index (χ0) is 69.9. The van der Waals surface area contributed by atoms with E-state index in [9.17, 15) is 0 Å². The van der Waals surface area contributed by atoms with Crippen LogP contribution in [-0.4, -0.2) is 103 Å². The molecule has 0 aromatic heterocycles. The van der Waals surface area contributed by atoms with Crippen LogP contribution in [0.3, 0.4) is 0 Å². The maximum Gasteiger partial charge on any atom is 0.0492 e. The second-order valence-corrected chi connectivity index (χ2v) is 32.1. The number of allylic oxidation sites excluding steroid dienone is 8. The molecule has 14 aliphatic rings. The SMILES string of the molecule is C/C=C\C.C/C=C\C.CC1=CCCC1.CC1=CCCC1.CC1CCC1.CC1CCC1.CC1CCCC1.CC1CCCC1.CC1CCCCC1.CC1CCCCC1.CC1CCOCC1.CC1CCOCC1.CN1CCCC1.CN1CCCC1.C[C@H]1CCOC1.C[C@H]1CCOC1. The van der Waals surface area contributed by atoms with E-state index in [1.165, 1.54) is 283 Å². The molecule has 0 bridgehead atoms. The normalized spacial score (nSPS) is 24.7. The number of likely N-dealkylation sites (tertiary alicyclic amines) is 2. The summed E-state index contributed by atoms with van der Waals surface area (Å²) in [6, 6.07) is 0. The molecule has 0 radical (unpaired) electrons. The first kappa shape index (κ1) is 94.8. The van der Waals surface area contributed by atoms with Crippen LogP contribution in [0.15, 0.2) is 47.6 Å². The molecular formula is C88H174N2O4. The van der Waals surface area contributed by atoms with Crippen molar-refractivity contribution in [3.63, 3.8) is 0 Å². The first-order valence-electron chi connectivity index (χ1n) is 41.5. The third-order valence-corrected chi connectivity index (χ3v) is 21.1. The molecule has 6 saturated heterocycles. The Morgan fingerprint density at radius 3 is 0.553 bits per heavy atom. The van der Waals surface area contributed by atoms with Crippen molar-refractivity contribution in [3.05, 3.63) is 47.6 Å². The van der Waals surface area contributed by atoms with Gasteiger partial charge in [0.2, 0.25) is 0 Å². The van der Waals surface area contributed by atoms with Crippen LogP contribution in [0.4, 0.5) is 0 Å². The van der Waals surface area contributed by atoms with Gasteiger partial charge in [-0.05, 0) is 244 Å². The van der Waals surface area contributed by atoms with E-state index in [4.69, 9.17) is 18.9 Å². The lowest BCUT2D eigenvalue weighted by Crippen LogP contribution is -2.12. The minimum Gasteiger partial charge on any atom is -0.381 e. The van der Waals surface area contributed by atoms with Crippen LogP contribution in [0.2, 0.25) is 0 Å². The molecule has 94 heavy (non-hydrogen) atoms. The highest BCUT2D eigenvalue weighted by atomic mass is 16.5.